The highest BCUT2D eigenvalue weighted by molar-refractivity contribution is 8.05. The van der Waals surface area contributed by atoms with Crippen molar-refractivity contribution in [3.8, 4) is 0 Å². The van der Waals surface area contributed by atoms with Crippen LogP contribution in [0, 0.1) is 0 Å². The van der Waals surface area contributed by atoms with Crippen LogP contribution in [0.4, 0.5) is 0 Å². The second-order valence-corrected chi connectivity index (χ2v) is 11.7. The van der Waals surface area contributed by atoms with Crippen molar-refractivity contribution in [2.24, 2.45) is 4.52 Å². The molecule has 1 nitrogen and oxygen atoms in total. The van der Waals surface area contributed by atoms with Crippen LogP contribution in [-0.4, -0.2) is 18.5 Å². The van der Waals surface area contributed by atoms with Crippen LogP contribution in [0.1, 0.15) is 59.3 Å². The number of hydrogen-bond donors (Lipinski definition) is 0. The molecular weight excluding hydrogens is 291 g/mol. The molecule has 0 aliphatic carbocycles. The topological polar surface area (TPSA) is 12.4 Å². The van der Waals surface area contributed by atoms with Gasteiger partial charge in [-0.25, -0.2) is 4.52 Å². The maximum absolute atomic E-state index is 5.99. The predicted molar refractivity (Wildman–Crippen MR) is 87.3 cm³/mol. The number of nitrogens with zero attached hydrogens (tertiary/aromatic N) is 1. The number of unbranched alkanes of at least 4 members (excludes halogenated alkanes) is 3. The zero-order valence-electron chi connectivity index (χ0n) is 11.5. The van der Waals surface area contributed by atoms with Crippen molar-refractivity contribution in [3.05, 3.63) is 0 Å². The summed E-state index contributed by atoms with van der Waals surface area (Å²) in [7, 11) is -1.21. The van der Waals surface area contributed by atoms with Gasteiger partial charge in [-0.1, -0.05) is 62.5 Å². The van der Waals surface area contributed by atoms with E-state index >= 15 is 0 Å². The van der Waals surface area contributed by atoms with E-state index in [1.807, 2.05) is 0 Å². The molecule has 0 radical (unpaired) electrons. The summed E-state index contributed by atoms with van der Waals surface area (Å²) in [6.45, 7) is 5.63. The molecule has 0 aromatic rings. The molecule has 0 atom stereocenters. The van der Waals surface area contributed by atoms with Crippen LogP contribution in [-0.2, 0) is 0 Å². The van der Waals surface area contributed by atoms with Crippen LogP contribution in [0.3, 0.4) is 0 Å². The average Bonchev–Trinajstić information content (AvgIpc) is 2.30. The molecule has 0 amide bonds. The molecule has 0 rings (SSSR count). The zero-order chi connectivity index (χ0) is 13.1. The second kappa shape index (κ2) is 11.1. The van der Waals surface area contributed by atoms with Gasteiger partial charge in [0, 0.05) is 0 Å². The van der Waals surface area contributed by atoms with Gasteiger partial charge in [0.25, 0.3) is 0 Å². The Morgan fingerprint density at radius 3 is 1.41 bits per heavy atom. The number of halogens is 2. The summed E-state index contributed by atoms with van der Waals surface area (Å²) < 4.78 is 4.83. The highest BCUT2D eigenvalue weighted by Crippen LogP contribution is 2.63. The van der Waals surface area contributed by atoms with Gasteiger partial charge in [-0.15, -0.1) is 0 Å². The summed E-state index contributed by atoms with van der Waals surface area (Å²) in [6, 6.07) is 0. The molecule has 0 aromatic carbocycles. The van der Waals surface area contributed by atoms with Gasteiger partial charge in [0.05, 0.1) is 0 Å². The number of hydrogen-bond acceptors (Lipinski definition) is 1. The summed E-state index contributed by atoms with van der Waals surface area (Å²) in [5.74, 6) is 0. The standard InChI is InChI=1S/C12H27Cl2NP2/c1-4-7-10-17(11-8-5-2,12-9-6-3)15-16(13)14/h4-12H2,1-3H3. The van der Waals surface area contributed by atoms with Gasteiger partial charge in [0.1, 0.15) is 0 Å². The summed E-state index contributed by atoms with van der Waals surface area (Å²) in [5, 5.41) is 0. The molecule has 0 aliphatic rings. The molecule has 0 N–H and O–H groups in total. The van der Waals surface area contributed by atoms with E-state index in [4.69, 9.17) is 27.0 Å². The maximum atomic E-state index is 5.99. The van der Waals surface area contributed by atoms with Gasteiger partial charge in [-0.05, 0) is 44.8 Å². The first-order chi connectivity index (χ1) is 8.10. The van der Waals surface area contributed by atoms with Gasteiger partial charge in [0.15, 0.2) is 0 Å². The van der Waals surface area contributed by atoms with Crippen LogP contribution in [0.25, 0.3) is 0 Å². The Bertz CT molecular complexity index is 204. The Morgan fingerprint density at radius 1 is 0.824 bits per heavy atom. The molecule has 0 aromatic heterocycles. The van der Waals surface area contributed by atoms with E-state index in [9.17, 15) is 0 Å². The van der Waals surface area contributed by atoms with Gasteiger partial charge < -0.3 is 0 Å². The molecule has 0 spiro atoms. The quantitative estimate of drug-likeness (QED) is 0.375. The highest BCUT2D eigenvalue weighted by atomic mass is 35.9. The summed E-state index contributed by atoms with van der Waals surface area (Å²) >= 11 is 12.0. The van der Waals surface area contributed by atoms with Crippen molar-refractivity contribution in [1.29, 1.82) is 0 Å². The van der Waals surface area contributed by atoms with Gasteiger partial charge >= 0.3 is 0 Å². The minimum absolute atomic E-state index is 1.12. The normalized spacial score (nSPS) is 12.1. The minimum atomic E-state index is -1.21. The Morgan fingerprint density at radius 2 is 1.18 bits per heavy atom. The average molecular weight is 318 g/mol. The van der Waals surface area contributed by atoms with Crippen molar-refractivity contribution < 1.29 is 0 Å². The van der Waals surface area contributed by atoms with Gasteiger partial charge in [0.2, 0.25) is 6.78 Å². The van der Waals surface area contributed by atoms with Crippen LogP contribution < -0.4 is 0 Å². The third-order valence-electron chi connectivity index (χ3n) is 3.04. The minimum Gasteiger partial charge on any atom is -0.249 e. The smallest absolute Gasteiger partial charge is 0.205 e. The Labute approximate surface area is 118 Å². The SMILES string of the molecule is CCCCP(CCCC)(CCCC)=NP(Cl)Cl. The van der Waals surface area contributed by atoms with Crippen LogP contribution in [0.5, 0.6) is 0 Å². The molecule has 5 heteroatoms. The lowest BCUT2D eigenvalue weighted by Gasteiger charge is -2.25. The summed E-state index contributed by atoms with van der Waals surface area (Å²) in [4.78, 5) is 0. The second-order valence-electron chi connectivity index (χ2n) is 4.63. The lowest BCUT2D eigenvalue weighted by atomic mass is 10.4. The van der Waals surface area contributed by atoms with Crippen molar-refractivity contribution in [1.82, 2.24) is 0 Å². The van der Waals surface area contributed by atoms with Crippen LogP contribution in [0.15, 0.2) is 4.52 Å². The van der Waals surface area contributed by atoms with E-state index in [0.717, 1.165) is 0 Å². The Balaban J connectivity index is 4.77. The van der Waals surface area contributed by atoms with Gasteiger partial charge in [-0.2, -0.15) is 0 Å². The Kier molecular flexibility index (Phi) is 11.9. The molecule has 0 aliphatic heterocycles. The third-order valence-corrected chi connectivity index (χ3v) is 9.76. The van der Waals surface area contributed by atoms with Crippen LogP contribution >= 0.6 is 36.3 Å². The summed E-state index contributed by atoms with van der Waals surface area (Å²) in [5.41, 5.74) is 0. The molecule has 0 bridgehead atoms. The fourth-order valence-corrected chi connectivity index (χ4v) is 10.2. The van der Waals surface area contributed by atoms with E-state index in [-0.39, 0.29) is 0 Å². The maximum Gasteiger partial charge on any atom is 0.205 e. The van der Waals surface area contributed by atoms with Crippen molar-refractivity contribution in [3.63, 3.8) is 0 Å². The third kappa shape index (κ3) is 8.88. The van der Waals surface area contributed by atoms with Crippen molar-refractivity contribution in [2.75, 3.05) is 18.5 Å². The Hall–Kier alpha value is 1.24. The fraction of sp³-hybridized carbons (Fsp3) is 1.00. The largest absolute Gasteiger partial charge is 0.249 e. The zero-order valence-corrected chi connectivity index (χ0v) is 14.8. The van der Waals surface area contributed by atoms with Gasteiger partial charge in [-0.3, -0.25) is 0 Å². The molecule has 0 saturated carbocycles. The van der Waals surface area contributed by atoms with Crippen molar-refractivity contribution in [2.45, 2.75) is 59.3 Å². The first-order valence-electron chi connectivity index (χ1n) is 6.81. The lowest BCUT2D eigenvalue weighted by molar-refractivity contribution is 0.841. The molecule has 0 unspecified atom stereocenters. The van der Waals surface area contributed by atoms with Crippen LogP contribution in [0.2, 0.25) is 0 Å². The summed E-state index contributed by atoms with van der Waals surface area (Å²) in [6.07, 6.45) is 11.4. The van der Waals surface area contributed by atoms with E-state index in [1.165, 1.54) is 57.0 Å². The molecule has 104 valence electrons. The molecule has 0 saturated heterocycles. The first-order valence-corrected chi connectivity index (χ1v) is 12.2. The fourth-order valence-electron chi connectivity index (χ4n) is 1.97. The van der Waals surface area contributed by atoms with E-state index in [0.29, 0.717) is 0 Å². The monoisotopic (exact) mass is 317 g/mol. The highest BCUT2D eigenvalue weighted by Gasteiger charge is 2.19. The van der Waals surface area contributed by atoms with Crippen molar-refractivity contribution >= 4 is 36.3 Å². The lowest BCUT2D eigenvalue weighted by Crippen LogP contribution is -2.01. The molecule has 0 heterocycles. The predicted octanol–water partition coefficient (Wildman–Crippen LogP) is 7.29. The molecule has 0 fully saturated rings. The molecular formula is C12H27Cl2NP2. The number of rotatable bonds is 10. The van der Waals surface area contributed by atoms with E-state index in [2.05, 4.69) is 20.8 Å². The molecule has 17 heavy (non-hydrogen) atoms. The first kappa shape index (κ1) is 18.2. The van der Waals surface area contributed by atoms with E-state index < -0.39 is 13.8 Å². The van der Waals surface area contributed by atoms with E-state index in [1.54, 1.807) is 0 Å².